The predicted molar refractivity (Wildman–Crippen MR) is 129 cm³/mol. The van der Waals surface area contributed by atoms with Crippen LogP contribution in [-0.4, -0.2) is 29.2 Å². The lowest BCUT2D eigenvalue weighted by Gasteiger charge is -2.20. The molecule has 0 spiro atoms. The number of carboxylic acids is 1. The molecule has 0 saturated heterocycles. The van der Waals surface area contributed by atoms with E-state index in [1.54, 1.807) is 0 Å². The molecule has 6 nitrogen and oxygen atoms in total. The summed E-state index contributed by atoms with van der Waals surface area (Å²) in [6, 6.07) is 0. The van der Waals surface area contributed by atoms with Crippen molar-refractivity contribution in [2.24, 2.45) is 17.8 Å². The van der Waals surface area contributed by atoms with Gasteiger partial charge < -0.3 is 10.00 Å². The third kappa shape index (κ3) is 20.0. The Hall–Kier alpha value is -0.420. The number of unbranched alkanes of at least 4 members (excludes halogenated alkanes) is 3. The molecule has 0 rings (SSSR count). The average Bonchev–Trinajstić information content (AvgIpc) is 2.75. The van der Waals surface area contributed by atoms with E-state index < -0.39 is 13.8 Å². The Morgan fingerprint density at radius 1 is 0.742 bits per heavy atom. The maximum Gasteiger partial charge on any atom is 0.472 e. The minimum absolute atomic E-state index is 0.111. The van der Waals surface area contributed by atoms with Gasteiger partial charge in [-0.15, -0.1) is 0 Å². The SMILES string of the molecule is CCCCC(CC)C(=O)O.CCCCC(CC)COP(=O)(O)OCC(CC)CCCC. The molecular formula is C24H51O6P. The van der Waals surface area contributed by atoms with Gasteiger partial charge in [0, 0.05) is 0 Å². The molecule has 0 radical (unpaired) electrons. The molecule has 188 valence electrons. The molecule has 3 unspecified atom stereocenters. The summed E-state index contributed by atoms with van der Waals surface area (Å²) in [6.07, 6.45) is 12.3. The zero-order chi connectivity index (χ0) is 24.1. The number of phosphoric ester groups is 1. The maximum absolute atomic E-state index is 11.9. The highest BCUT2D eigenvalue weighted by molar-refractivity contribution is 7.47. The van der Waals surface area contributed by atoms with Gasteiger partial charge in [0.15, 0.2) is 0 Å². The van der Waals surface area contributed by atoms with E-state index in [4.69, 9.17) is 14.2 Å². The number of phosphoric acid groups is 1. The second-order valence-electron chi connectivity index (χ2n) is 8.48. The van der Waals surface area contributed by atoms with Crippen molar-refractivity contribution in [3.8, 4) is 0 Å². The van der Waals surface area contributed by atoms with Crippen molar-refractivity contribution in [2.75, 3.05) is 13.2 Å². The van der Waals surface area contributed by atoms with Gasteiger partial charge >= 0.3 is 13.8 Å². The fourth-order valence-corrected chi connectivity index (χ4v) is 4.06. The van der Waals surface area contributed by atoms with Crippen LogP contribution in [0, 0.1) is 17.8 Å². The molecule has 7 heteroatoms. The van der Waals surface area contributed by atoms with E-state index in [1.165, 1.54) is 0 Å². The lowest BCUT2D eigenvalue weighted by atomic mass is 10.00. The Balaban J connectivity index is 0. The predicted octanol–water partition coefficient (Wildman–Crippen LogP) is 7.84. The molecule has 0 saturated carbocycles. The molecule has 0 aliphatic carbocycles. The van der Waals surface area contributed by atoms with E-state index in [-0.39, 0.29) is 5.92 Å². The van der Waals surface area contributed by atoms with Crippen LogP contribution in [0.3, 0.4) is 0 Å². The van der Waals surface area contributed by atoms with Crippen LogP contribution in [0.5, 0.6) is 0 Å². The van der Waals surface area contributed by atoms with Gasteiger partial charge in [0.2, 0.25) is 0 Å². The molecule has 0 bridgehead atoms. The van der Waals surface area contributed by atoms with Crippen LogP contribution in [0.2, 0.25) is 0 Å². The van der Waals surface area contributed by atoms with E-state index in [0.717, 1.165) is 77.0 Å². The standard InChI is InChI=1S/C16H35O4P.C8H16O2/c1-5-9-11-15(7-3)13-19-21(17,18)20-14-16(8-4)12-10-6-2;1-3-5-6-7(4-2)8(9)10/h15-16H,5-14H2,1-4H3,(H,17,18);7H,3-6H2,1-2H3,(H,9,10). The second kappa shape index (κ2) is 21.4. The van der Waals surface area contributed by atoms with Crippen molar-refractivity contribution in [1.29, 1.82) is 0 Å². The normalized spacial score (nSPS) is 16.0. The zero-order valence-electron chi connectivity index (χ0n) is 21.1. The number of hydrogen-bond acceptors (Lipinski definition) is 4. The van der Waals surface area contributed by atoms with Crippen molar-refractivity contribution in [1.82, 2.24) is 0 Å². The van der Waals surface area contributed by atoms with Crippen molar-refractivity contribution < 1.29 is 28.4 Å². The Labute approximate surface area is 192 Å². The fraction of sp³-hybridized carbons (Fsp3) is 0.958. The van der Waals surface area contributed by atoms with Crippen LogP contribution in [-0.2, 0) is 18.4 Å². The third-order valence-electron chi connectivity index (χ3n) is 5.78. The largest absolute Gasteiger partial charge is 0.481 e. The first-order valence-electron chi connectivity index (χ1n) is 12.6. The Morgan fingerprint density at radius 3 is 1.42 bits per heavy atom. The summed E-state index contributed by atoms with van der Waals surface area (Å²) in [5.74, 6) is -0.0666. The van der Waals surface area contributed by atoms with Crippen LogP contribution in [0.1, 0.15) is 119 Å². The van der Waals surface area contributed by atoms with Crippen LogP contribution in [0.4, 0.5) is 0 Å². The second-order valence-corrected chi connectivity index (χ2v) is 9.93. The molecule has 0 amide bonds. The van der Waals surface area contributed by atoms with Crippen LogP contribution in [0.25, 0.3) is 0 Å². The van der Waals surface area contributed by atoms with E-state index in [2.05, 4.69) is 34.6 Å². The molecule has 3 atom stereocenters. The summed E-state index contributed by atoms with van der Waals surface area (Å²) >= 11 is 0. The molecule has 0 aromatic heterocycles. The molecule has 0 aromatic rings. The minimum Gasteiger partial charge on any atom is -0.481 e. The van der Waals surface area contributed by atoms with Gasteiger partial charge in [0.1, 0.15) is 0 Å². The number of carbonyl (C=O) groups is 1. The van der Waals surface area contributed by atoms with Gasteiger partial charge in [0.05, 0.1) is 19.1 Å². The van der Waals surface area contributed by atoms with Crippen molar-refractivity contribution in [3.05, 3.63) is 0 Å². The van der Waals surface area contributed by atoms with E-state index >= 15 is 0 Å². The molecule has 31 heavy (non-hydrogen) atoms. The lowest BCUT2D eigenvalue weighted by molar-refractivity contribution is -0.142. The summed E-state index contributed by atoms with van der Waals surface area (Å²) in [6.45, 7) is 13.1. The van der Waals surface area contributed by atoms with Gasteiger partial charge in [-0.05, 0) is 37.5 Å². The summed E-state index contributed by atoms with van der Waals surface area (Å²) in [5.41, 5.74) is 0. The lowest BCUT2D eigenvalue weighted by Crippen LogP contribution is -2.12. The fourth-order valence-electron chi connectivity index (χ4n) is 3.19. The molecule has 0 aromatic carbocycles. The van der Waals surface area contributed by atoms with E-state index in [9.17, 15) is 14.3 Å². The monoisotopic (exact) mass is 466 g/mol. The zero-order valence-corrected chi connectivity index (χ0v) is 22.0. The molecule has 0 heterocycles. The summed E-state index contributed by atoms with van der Waals surface area (Å²) in [5, 5.41) is 8.60. The molecule has 0 fully saturated rings. The van der Waals surface area contributed by atoms with Crippen LogP contribution < -0.4 is 0 Å². The number of hydrogen-bond donors (Lipinski definition) is 2. The van der Waals surface area contributed by atoms with E-state index in [1.807, 2.05) is 6.92 Å². The van der Waals surface area contributed by atoms with Crippen molar-refractivity contribution in [2.45, 2.75) is 119 Å². The van der Waals surface area contributed by atoms with Crippen molar-refractivity contribution >= 4 is 13.8 Å². The Kier molecular flexibility index (Phi) is 22.6. The van der Waals surface area contributed by atoms with Gasteiger partial charge in [0.25, 0.3) is 0 Å². The minimum atomic E-state index is -3.89. The summed E-state index contributed by atoms with van der Waals surface area (Å²) in [7, 11) is -3.89. The van der Waals surface area contributed by atoms with Crippen LogP contribution >= 0.6 is 7.82 Å². The molecule has 0 aliphatic heterocycles. The summed E-state index contributed by atoms with van der Waals surface area (Å²) < 4.78 is 22.2. The van der Waals surface area contributed by atoms with Crippen molar-refractivity contribution in [3.63, 3.8) is 0 Å². The number of aliphatic carboxylic acids is 1. The first-order chi connectivity index (χ1) is 14.7. The summed E-state index contributed by atoms with van der Waals surface area (Å²) in [4.78, 5) is 20.2. The number of carboxylic acid groups (broad SMARTS) is 1. The van der Waals surface area contributed by atoms with Gasteiger partial charge in [-0.1, -0.05) is 92.9 Å². The van der Waals surface area contributed by atoms with Gasteiger partial charge in [-0.2, -0.15) is 0 Å². The van der Waals surface area contributed by atoms with Crippen LogP contribution in [0.15, 0.2) is 0 Å². The average molecular weight is 467 g/mol. The highest BCUT2D eigenvalue weighted by Gasteiger charge is 2.24. The Morgan fingerprint density at radius 2 is 1.13 bits per heavy atom. The highest BCUT2D eigenvalue weighted by Crippen LogP contribution is 2.44. The number of rotatable bonds is 19. The quantitative estimate of drug-likeness (QED) is 0.188. The van der Waals surface area contributed by atoms with Gasteiger partial charge in [-0.3, -0.25) is 13.8 Å². The van der Waals surface area contributed by atoms with Gasteiger partial charge in [-0.25, -0.2) is 4.57 Å². The molecule has 2 N–H and O–H groups in total. The molecular weight excluding hydrogens is 415 g/mol. The van der Waals surface area contributed by atoms with E-state index in [0.29, 0.717) is 25.0 Å². The third-order valence-corrected chi connectivity index (χ3v) is 6.73. The Bertz CT molecular complexity index is 433. The smallest absolute Gasteiger partial charge is 0.472 e. The maximum atomic E-state index is 11.9. The topological polar surface area (TPSA) is 93.1 Å². The molecule has 0 aliphatic rings. The first kappa shape index (κ1) is 32.8. The first-order valence-corrected chi connectivity index (χ1v) is 14.0. The highest BCUT2D eigenvalue weighted by atomic mass is 31.2.